The predicted octanol–water partition coefficient (Wildman–Crippen LogP) is 1.66. The number of hydrogen-bond acceptors (Lipinski definition) is 4. The van der Waals surface area contributed by atoms with E-state index >= 15 is 0 Å². The van der Waals surface area contributed by atoms with E-state index in [1.165, 1.54) is 0 Å². The second kappa shape index (κ2) is 7.20. The van der Waals surface area contributed by atoms with E-state index in [0.717, 1.165) is 51.8 Å². The van der Waals surface area contributed by atoms with Crippen LogP contribution in [0.2, 0.25) is 0 Å². The minimum atomic E-state index is -1.56. The van der Waals surface area contributed by atoms with Crippen molar-refractivity contribution in [1.82, 2.24) is 10.2 Å². The molecule has 1 fully saturated rings. The standard InChI is InChI=1S/C18H23IN2O4/c1-9-12-7-14(22)21(11-3-5-20-6-4-11)8-13(12)10(2)16(19)15(9)17(23)18(24)25/h11,17,20,23H,3-8H2,1-2H3,(H,24,25). The Kier molecular flexibility index (Phi) is 5.36. The summed E-state index contributed by atoms with van der Waals surface area (Å²) in [6.07, 6.45) is 0.647. The number of carboxylic acid groups (broad SMARTS) is 1. The van der Waals surface area contributed by atoms with Gasteiger partial charge in [-0.15, -0.1) is 0 Å². The number of benzene rings is 1. The van der Waals surface area contributed by atoms with Crippen LogP contribution in [0, 0.1) is 17.4 Å². The van der Waals surface area contributed by atoms with Crippen molar-refractivity contribution in [2.24, 2.45) is 0 Å². The molecule has 3 N–H and O–H groups in total. The number of aliphatic carboxylic acids is 1. The predicted molar refractivity (Wildman–Crippen MR) is 101 cm³/mol. The third kappa shape index (κ3) is 3.29. The monoisotopic (exact) mass is 458 g/mol. The minimum absolute atomic E-state index is 0.0962. The number of carbonyl (C=O) groups is 2. The number of carbonyl (C=O) groups excluding carboxylic acids is 1. The van der Waals surface area contributed by atoms with Gasteiger partial charge in [0, 0.05) is 21.7 Å². The lowest BCUT2D eigenvalue weighted by Gasteiger charge is -2.39. The molecular formula is C18H23IN2O4. The van der Waals surface area contributed by atoms with Crippen molar-refractivity contribution < 1.29 is 19.8 Å². The molecule has 2 aliphatic heterocycles. The van der Waals surface area contributed by atoms with Crippen LogP contribution in [-0.2, 0) is 22.6 Å². The van der Waals surface area contributed by atoms with E-state index in [0.29, 0.717) is 12.1 Å². The second-order valence-electron chi connectivity index (χ2n) is 6.86. The lowest BCUT2D eigenvalue weighted by atomic mass is 9.85. The van der Waals surface area contributed by atoms with Crippen molar-refractivity contribution in [3.8, 4) is 0 Å². The van der Waals surface area contributed by atoms with E-state index < -0.39 is 12.1 Å². The van der Waals surface area contributed by atoms with Gasteiger partial charge in [-0.05, 0) is 84.6 Å². The quantitative estimate of drug-likeness (QED) is 0.600. The van der Waals surface area contributed by atoms with Crippen LogP contribution in [0.3, 0.4) is 0 Å². The summed E-state index contributed by atoms with van der Waals surface area (Å²) in [5.74, 6) is -1.17. The Morgan fingerprint density at radius 3 is 2.48 bits per heavy atom. The number of fused-ring (bicyclic) bond motifs is 1. The average molecular weight is 458 g/mol. The minimum Gasteiger partial charge on any atom is -0.479 e. The van der Waals surface area contributed by atoms with E-state index in [-0.39, 0.29) is 18.4 Å². The summed E-state index contributed by atoms with van der Waals surface area (Å²) in [4.78, 5) is 26.0. The summed E-state index contributed by atoms with van der Waals surface area (Å²) in [5, 5.41) is 22.6. The number of nitrogens with one attached hydrogen (secondary N) is 1. The van der Waals surface area contributed by atoms with E-state index in [1.54, 1.807) is 0 Å². The highest BCUT2D eigenvalue weighted by atomic mass is 127. The zero-order valence-corrected chi connectivity index (χ0v) is 16.6. The molecule has 136 valence electrons. The SMILES string of the molecule is Cc1c(I)c(C(O)C(=O)O)c(C)c2c1CN(C1CCNCC1)C(=O)C2. The summed E-state index contributed by atoms with van der Waals surface area (Å²) in [5.41, 5.74) is 4.14. The maximum Gasteiger partial charge on any atom is 0.337 e. The van der Waals surface area contributed by atoms with Gasteiger partial charge in [-0.1, -0.05) is 0 Å². The Labute approximate surface area is 160 Å². The second-order valence-corrected chi connectivity index (χ2v) is 7.93. The van der Waals surface area contributed by atoms with Gasteiger partial charge in [-0.25, -0.2) is 4.79 Å². The van der Waals surface area contributed by atoms with E-state index in [1.807, 2.05) is 18.7 Å². The molecule has 0 bridgehead atoms. The third-order valence-electron chi connectivity index (χ3n) is 5.47. The van der Waals surface area contributed by atoms with Crippen LogP contribution in [0.1, 0.15) is 46.8 Å². The van der Waals surface area contributed by atoms with Crippen molar-refractivity contribution in [3.63, 3.8) is 0 Å². The molecule has 3 rings (SSSR count). The zero-order chi connectivity index (χ0) is 18.3. The Bertz CT molecular complexity index is 729. The summed E-state index contributed by atoms with van der Waals surface area (Å²) in [6.45, 7) is 6.20. The van der Waals surface area contributed by atoms with Crippen LogP contribution in [0.25, 0.3) is 0 Å². The molecule has 0 saturated carbocycles. The number of aliphatic hydroxyl groups excluding tert-OH is 1. The molecule has 2 aliphatic rings. The molecule has 7 heteroatoms. The van der Waals surface area contributed by atoms with Crippen LogP contribution in [0.4, 0.5) is 0 Å². The molecule has 1 amide bonds. The van der Waals surface area contributed by atoms with Crippen molar-refractivity contribution in [3.05, 3.63) is 31.4 Å². The van der Waals surface area contributed by atoms with Crippen LogP contribution in [0.5, 0.6) is 0 Å². The van der Waals surface area contributed by atoms with Gasteiger partial charge in [0.25, 0.3) is 0 Å². The fraction of sp³-hybridized carbons (Fsp3) is 0.556. The fourth-order valence-corrected chi connectivity index (χ4v) is 5.00. The van der Waals surface area contributed by atoms with Gasteiger partial charge in [0.05, 0.1) is 6.42 Å². The number of hydrogen-bond donors (Lipinski definition) is 3. The lowest BCUT2D eigenvalue weighted by Crippen LogP contribution is -2.48. The van der Waals surface area contributed by atoms with Gasteiger partial charge in [0.1, 0.15) is 0 Å². The van der Waals surface area contributed by atoms with Gasteiger partial charge in [0.15, 0.2) is 6.10 Å². The van der Waals surface area contributed by atoms with Crippen LogP contribution in [-0.4, -0.2) is 46.1 Å². The summed E-state index contributed by atoms with van der Waals surface area (Å²) in [6, 6.07) is 0.267. The molecule has 1 unspecified atom stereocenters. The Morgan fingerprint density at radius 1 is 1.24 bits per heavy atom. The third-order valence-corrected chi connectivity index (χ3v) is 6.86. The fourth-order valence-electron chi connectivity index (χ4n) is 3.98. The molecular weight excluding hydrogens is 435 g/mol. The molecule has 6 nitrogen and oxygen atoms in total. The maximum atomic E-state index is 12.7. The van der Waals surface area contributed by atoms with Gasteiger partial charge in [-0.3, -0.25) is 4.79 Å². The van der Waals surface area contributed by atoms with Crippen LogP contribution in [0.15, 0.2) is 0 Å². The number of piperidine rings is 1. The van der Waals surface area contributed by atoms with Crippen molar-refractivity contribution in [1.29, 1.82) is 0 Å². The maximum absolute atomic E-state index is 12.7. The first-order valence-corrected chi connectivity index (χ1v) is 9.62. The number of aliphatic hydroxyl groups is 1. The zero-order valence-electron chi connectivity index (χ0n) is 14.4. The number of nitrogens with zero attached hydrogens (tertiary/aromatic N) is 1. The average Bonchev–Trinajstić information content (AvgIpc) is 2.60. The number of rotatable bonds is 3. The number of amides is 1. The van der Waals surface area contributed by atoms with Crippen molar-refractivity contribution in [2.75, 3.05) is 13.1 Å². The van der Waals surface area contributed by atoms with Crippen molar-refractivity contribution >= 4 is 34.5 Å². The first-order chi connectivity index (χ1) is 11.8. The van der Waals surface area contributed by atoms with E-state index in [2.05, 4.69) is 27.9 Å². The van der Waals surface area contributed by atoms with Gasteiger partial charge < -0.3 is 20.4 Å². The molecule has 2 heterocycles. The molecule has 1 aromatic carbocycles. The highest BCUT2D eigenvalue weighted by molar-refractivity contribution is 14.1. The summed E-state index contributed by atoms with van der Waals surface area (Å²) in [7, 11) is 0. The molecule has 1 atom stereocenters. The van der Waals surface area contributed by atoms with E-state index in [9.17, 15) is 19.8 Å². The van der Waals surface area contributed by atoms with Gasteiger partial charge in [-0.2, -0.15) is 0 Å². The molecule has 0 aromatic heterocycles. The van der Waals surface area contributed by atoms with E-state index in [4.69, 9.17) is 0 Å². The van der Waals surface area contributed by atoms with Crippen LogP contribution >= 0.6 is 22.6 Å². The highest BCUT2D eigenvalue weighted by Gasteiger charge is 2.34. The summed E-state index contributed by atoms with van der Waals surface area (Å²) >= 11 is 2.12. The first-order valence-electron chi connectivity index (χ1n) is 8.54. The number of halogens is 1. The molecule has 1 aromatic rings. The normalized spacial score (nSPS) is 19.7. The Hall–Kier alpha value is -1.19. The highest BCUT2D eigenvalue weighted by Crippen LogP contribution is 2.37. The molecule has 0 aliphatic carbocycles. The smallest absolute Gasteiger partial charge is 0.337 e. The molecule has 1 saturated heterocycles. The summed E-state index contributed by atoms with van der Waals surface area (Å²) < 4.78 is 0.781. The first kappa shape index (κ1) is 18.6. The number of carboxylic acids is 1. The Balaban J connectivity index is 2.03. The van der Waals surface area contributed by atoms with Crippen molar-refractivity contribution in [2.45, 2.75) is 51.8 Å². The van der Waals surface area contributed by atoms with Gasteiger partial charge in [0.2, 0.25) is 5.91 Å². The largest absolute Gasteiger partial charge is 0.479 e. The molecule has 25 heavy (non-hydrogen) atoms. The van der Waals surface area contributed by atoms with Gasteiger partial charge >= 0.3 is 5.97 Å². The lowest BCUT2D eigenvalue weighted by molar-refractivity contribution is -0.147. The Morgan fingerprint density at radius 2 is 1.88 bits per heavy atom. The topological polar surface area (TPSA) is 89.9 Å². The van der Waals surface area contributed by atoms with Crippen LogP contribution < -0.4 is 5.32 Å². The molecule has 0 radical (unpaired) electrons. The molecule has 0 spiro atoms.